The van der Waals surface area contributed by atoms with Crippen molar-refractivity contribution in [3.63, 3.8) is 0 Å². The largest absolute Gasteiger partial charge is 0.462 e. The summed E-state index contributed by atoms with van der Waals surface area (Å²) < 4.78 is 15.2. The molecule has 0 spiro atoms. The van der Waals surface area contributed by atoms with Crippen LogP contribution in [-0.2, 0) is 14.2 Å². The molecule has 9 nitrogen and oxygen atoms in total. The van der Waals surface area contributed by atoms with Crippen LogP contribution in [0.15, 0.2) is 91.0 Å². The van der Waals surface area contributed by atoms with Crippen LogP contribution in [0.25, 0.3) is 0 Å². The fourth-order valence-corrected chi connectivity index (χ4v) is 4.06. The molecule has 9 heteroatoms. The second kappa shape index (κ2) is 14.4. The first-order chi connectivity index (χ1) is 20.4. The Morgan fingerprint density at radius 2 is 0.667 bits per heavy atom. The summed E-state index contributed by atoms with van der Waals surface area (Å²) in [5, 5.41) is 10.1. The van der Waals surface area contributed by atoms with Crippen LogP contribution in [0.4, 0.5) is 34.1 Å². The molecule has 4 rings (SSSR count). The predicted octanol–water partition coefficient (Wildman–Crippen LogP) is 7.45. The van der Waals surface area contributed by atoms with E-state index in [1.54, 1.807) is 57.2 Å². The molecule has 0 atom stereocenters. The minimum absolute atomic E-state index is 0.311. The van der Waals surface area contributed by atoms with Gasteiger partial charge in [-0.2, -0.15) is 0 Å². The molecule has 216 valence electrons. The van der Waals surface area contributed by atoms with E-state index in [0.717, 1.165) is 34.1 Å². The number of esters is 3. The van der Waals surface area contributed by atoms with Gasteiger partial charge in [0.25, 0.3) is 0 Å². The molecule has 3 N–H and O–H groups in total. The predicted molar refractivity (Wildman–Crippen MR) is 163 cm³/mol. The summed E-state index contributed by atoms with van der Waals surface area (Å²) in [6, 6.07) is 26.9. The Kier molecular flexibility index (Phi) is 10.1. The van der Waals surface area contributed by atoms with Crippen molar-refractivity contribution in [3.05, 3.63) is 108 Å². The fraction of sp³-hybridized carbons (Fsp3) is 0.182. The summed E-state index contributed by atoms with van der Waals surface area (Å²) >= 11 is 0. The Bertz CT molecular complexity index is 1320. The first-order valence-electron chi connectivity index (χ1n) is 13.7. The number of hydrogen-bond acceptors (Lipinski definition) is 9. The molecular weight excluding hydrogens is 534 g/mol. The molecule has 4 aromatic rings. The highest BCUT2D eigenvalue weighted by Gasteiger charge is 2.10. The van der Waals surface area contributed by atoms with E-state index in [0.29, 0.717) is 36.5 Å². The van der Waals surface area contributed by atoms with E-state index < -0.39 is 0 Å². The maximum Gasteiger partial charge on any atom is 0.338 e. The third kappa shape index (κ3) is 8.11. The van der Waals surface area contributed by atoms with Gasteiger partial charge in [0, 0.05) is 34.1 Å². The van der Waals surface area contributed by atoms with Crippen LogP contribution in [0.1, 0.15) is 51.8 Å². The van der Waals surface area contributed by atoms with Gasteiger partial charge in [-0.3, -0.25) is 0 Å². The van der Waals surface area contributed by atoms with Gasteiger partial charge in [0.05, 0.1) is 36.5 Å². The first-order valence-corrected chi connectivity index (χ1v) is 13.7. The second-order valence-corrected chi connectivity index (χ2v) is 9.07. The molecule has 0 fully saturated rings. The van der Waals surface area contributed by atoms with Crippen LogP contribution >= 0.6 is 0 Å². The number of anilines is 6. The van der Waals surface area contributed by atoms with Crippen molar-refractivity contribution in [1.29, 1.82) is 0 Å². The second-order valence-electron chi connectivity index (χ2n) is 9.07. The molecule has 4 aromatic carbocycles. The summed E-state index contributed by atoms with van der Waals surface area (Å²) in [6.07, 6.45) is 0. The van der Waals surface area contributed by atoms with Crippen molar-refractivity contribution in [1.82, 2.24) is 0 Å². The number of hydrogen-bond donors (Lipinski definition) is 3. The zero-order chi connectivity index (χ0) is 29.9. The van der Waals surface area contributed by atoms with E-state index in [4.69, 9.17) is 14.2 Å². The van der Waals surface area contributed by atoms with Gasteiger partial charge in [-0.15, -0.1) is 0 Å². The maximum atomic E-state index is 12.0. The minimum Gasteiger partial charge on any atom is -0.462 e. The molecule has 0 aromatic heterocycles. The highest BCUT2D eigenvalue weighted by atomic mass is 16.5. The molecular formula is C33H33N3O6. The highest BCUT2D eigenvalue weighted by molar-refractivity contribution is 5.91. The van der Waals surface area contributed by atoms with Gasteiger partial charge in [0.15, 0.2) is 0 Å². The number of carbonyl (C=O) groups is 3. The lowest BCUT2D eigenvalue weighted by atomic mass is 10.1. The summed E-state index contributed by atoms with van der Waals surface area (Å²) in [7, 11) is 0. The summed E-state index contributed by atoms with van der Waals surface area (Å²) in [6.45, 7) is 6.24. The van der Waals surface area contributed by atoms with Crippen molar-refractivity contribution in [2.45, 2.75) is 20.8 Å². The summed E-state index contributed by atoms with van der Waals surface area (Å²) in [4.78, 5) is 36.1. The lowest BCUT2D eigenvalue weighted by molar-refractivity contribution is 0.0517. The van der Waals surface area contributed by atoms with Gasteiger partial charge in [0.1, 0.15) is 0 Å². The van der Waals surface area contributed by atoms with Gasteiger partial charge >= 0.3 is 17.9 Å². The monoisotopic (exact) mass is 567 g/mol. The van der Waals surface area contributed by atoms with Crippen LogP contribution < -0.4 is 16.0 Å². The molecule has 0 heterocycles. The van der Waals surface area contributed by atoms with E-state index in [1.807, 2.05) is 54.6 Å². The number of ether oxygens (including phenoxy) is 3. The highest BCUT2D eigenvalue weighted by Crippen LogP contribution is 2.30. The van der Waals surface area contributed by atoms with Gasteiger partial charge < -0.3 is 30.2 Å². The Labute approximate surface area is 244 Å². The average Bonchev–Trinajstić information content (AvgIpc) is 2.98. The number of nitrogens with one attached hydrogen (secondary N) is 3. The molecule has 0 aliphatic rings. The smallest absolute Gasteiger partial charge is 0.338 e. The topological polar surface area (TPSA) is 115 Å². The van der Waals surface area contributed by atoms with Crippen LogP contribution in [0.3, 0.4) is 0 Å². The SMILES string of the molecule is CCOC(=O)c1ccc(Nc2cc(Nc3ccc(C(=O)OCC)cc3)cc(Nc3ccc(C(=O)OCC)cc3)c2)cc1. The van der Waals surface area contributed by atoms with Crippen molar-refractivity contribution >= 4 is 52.0 Å². The molecule has 0 saturated carbocycles. The Hall–Kier alpha value is -5.31. The third-order valence-electron chi connectivity index (χ3n) is 5.99. The van der Waals surface area contributed by atoms with Crippen LogP contribution in [0.2, 0.25) is 0 Å². The van der Waals surface area contributed by atoms with Crippen LogP contribution in [-0.4, -0.2) is 37.7 Å². The minimum atomic E-state index is -0.371. The summed E-state index contributed by atoms with van der Waals surface area (Å²) in [5.74, 6) is -1.11. The van der Waals surface area contributed by atoms with Gasteiger partial charge in [-0.05, 0) is 112 Å². The lowest BCUT2D eigenvalue weighted by Crippen LogP contribution is -2.05. The Morgan fingerprint density at radius 3 is 0.881 bits per heavy atom. The molecule has 0 saturated heterocycles. The fourth-order valence-electron chi connectivity index (χ4n) is 4.06. The normalized spacial score (nSPS) is 10.4. The Balaban J connectivity index is 1.58. The van der Waals surface area contributed by atoms with Crippen LogP contribution in [0.5, 0.6) is 0 Å². The molecule has 0 aliphatic carbocycles. The zero-order valence-electron chi connectivity index (χ0n) is 23.7. The number of rotatable bonds is 12. The lowest BCUT2D eigenvalue weighted by Gasteiger charge is -2.15. The van der Waals surface area contributed by atoms with Crippen molar-refractivity contribution in [3.8, 4) is 0 Å². The summed E-state index contributed by atoms with van der Waals surface area (Å²) in [5.41, 5.74) is 6.08. The van der Waals surface area contributed by atoms with Gasteiger partial charge in [0.2, 0.25) is 0 Å². The Morgan fingerprint density at radius 1 is 0.429 bits per heavy atom. The van der Waals surface area contributed by atoms with Gasteiger partial charge in [-0.25, -0.2) is 14.4 Å². The van der Waals surface area contributed by atoms with E-state index in [1.165, 1.54) is 0 Å². The molecule has 0 radical (unpaired) electrons. The molecule has 0 amide bonds. The third-order valence-corrected chi connectivity index (χ3v) is 5.99. The first kappa shape index (κ1) is 29.7. The van der Waals surface area contributed by atoms with E-state index in [-0.39, 0.29) is 17.9 Å². The number of benzene rings is 4. The van der Waals surface area contributed by atoms with Crippen molar-refractivity contribution < 1.29 is 28.6 Å². The quantitative estimate of drug-likeness (QED) is 0.119. The van der Waals surface area contributed by atoms with E-state index in [9.17, 15) is 14.4 Å². The molecule has 0 aliphatic heterocycles. The molecule has 42 heavy (non-hydrogen) atoms. The zero-order valence-corrected chi connectivity index (χ0v) is 23.7. The van der Waals surface area contributed by atoms with Crippen LogP contribution in [0, 0.1) is 0 Å². The van der Waals surface area contributed by atoms with Gasteiger partial charge in [-0.1, -0.05) is 0 Å². The number of carbonyl (C=O) groups excluding carboxylic acids is 3. The maximum absolute atomic E-state index is 12.0. The van der Waals surface area contributed by atoms with Crippen molar-refractivity contribution in [2.24, 2.45) is 0 Å². The van der Waals surface area contributed by atoms with Crippen molar-refractivity contribution in [2.75, 3.05) is 35.8 Å². The molecule has 0 unspecified atom stereocenters. The molecule has 0 bridgehead atoms. The van der Waals surface area contributed by atoms with E-state index >= 15 is 0 Å². The van der Waals surface area contributed by atoms with E-state index in [2.05, 4.69) is 16.0 Å². The average molecular weight is 568 g/mol. The standard InChI is InChI=1S/C33H33N3O6/c1-4-40-31(37)22-7-13-25(14-8-22)34-28-19-29(35-26-15-9-23(10-16-26)32(38)41-5-2)21-30(20-28)36-27-17-11-24(12-18-27)33(39)42-6-3/h7-21,34-36H,4-6H2,1-3H3.